The molecule has 0 radical (unpaired) electrons. The van der Waals surface area contributed by atoms with Crippen molar-refractivity contribution in [2.24, 2.45) is 5.92 Å². The zero-order valence-corrected chi connectivity index (χ0v) is 16.1. The van der Waals surface area contributed by atoms with Gasteiger partial charge in [0.15, 0.2) is 12.4 Å². The van der Waals surface area contributed by atoms with Gasteiger partial charge in [-0.2, -0.15) is 0 Å². The minimum absolute atomic E-state index is 0.490. The van der Waals surface area contributed by atoms with Gasteiger partial charge in [0.25, 0.3) is 0 Å². The highest BCUT2D eigenvalue weighted by molar-refractivity contribution is 5.77. The van der Waals surface area contributed by atoms with Crippen LogP contribution in [0.15, 0.2) is 0 Å². The molecule has 1 aliphatic heterocycles. The molecule has 13 nitrogen and oxygen atoms in total. The second-order valence-electron chi connectivity index (χ2n) is 7.50. The van der Waals surface area contributed by atoms with Crippen LogP contribution in [0, 0.1) is 5.92 Å². The van der Waals surface area contributed by atoms with E-state index in [1.54, 1.807) is 0 Å². The highest BCUT2D eigenvalue weighted by atomic mass is 16.7. The lowest BCUT2D eigenvalue weighted by molar-refractivity contribution is -0.287. The summed E-state index contributed by atoms with van der Waals surface area (Å²) in [5.74, 6) is -2.78. The maximum absolute atomic E-state index is 11.9. The molecular formula is C17H28O13. The zero-order chi connectivity index (χ0) is 22.7. The molecule has 13 heteroatoms. The quantitative estimate of drug-likeness (QED) is 0.182. The van der Waals surface area contributed by atoms with Gasteiger partial charge in [-0.15, -0.1) is 0 Å². The molecule has 7 unspecified atom stereocenters. The van der Waals surface area contributed by atoms with Gasteiger partial charge in [-0.25, -0.2) is 0 Å². The molecule has 0 aromatic carbocycles. The summed E-state index contributed by atoms with van der Waals surface area (Å²) in [6.45, 7) is 0.827. The van der Waals surface area contributed by atoms with Crippen LogP contribution >= 0.6 is 0 Å². The number of carbonyl (C=O) groups excluding carboxylic acids is 2. The van der Waals surface area contributed by atoms with Gasteiger partial charge in [-0.05, 0) is 0 Å². The fourth-order valence-electron chi connectivity index (χ4n) is 3.28. The van der Waals surface area contributed by atoms with Crippen LogP contribution in [0.5, 0.6) is 0 Å². The summed E-state index contributed by atoms with van der Waals surface area (Å²) in [6, 6.07) is 0. The van der Waals surface area contributed by atoms with Crippen LogP contribution in [-0.2, 0) is 23.8 Å². The second kappa shape index (κ2) is 10.3. The summed E-state index contributed by atoms with van der Waals surface area (Å²) in [5.41, 5.74) is 0. The first-order chi connectivity index (χ1) is 14.0. The van der Waals surface area contributed by atoms with Crippen LogP contribution in [0.4, 0.5) is 0 Å². The lowest BCUT2D eigenvalue weighted by atomic mass is 9.79. The van der Waals surface area contributed by atoms with Gasteiger partial charge in [-0.3, -0.25) is 9.59 Å². The van der Waals surface area contributed by atoms with Crippen molar-refractivity contribution >= 4 is 11.9 Å². The summed E-state index contributed by atoms with van der Waals surface area (Å²) in [6.07, 6.45) is -16.9. The lowest BCUT2D eigenvalue weighted by Crippen LogP contribution is -2.61. The van der Waals surface area contributed by atoms with E-state index in [-0.39, 0.29) is 0 Å². The molecule has 0 aromatic rings. The van der Waals surface area contributed by atoms with Crippen molar-refractivity contribution < 1.29 is 64.7 Å². The van der Waals surface area contributed by atoms with E-state index in [1.165, 1.54) is 6.92 Å². The topological polar surface area (TPSA) is 224 Å². The van der Waals surface area contributed by atoms with Gasteiger partial charge >= 0.3 is 11.9 Å². The monoisotopic (exact) mass is 440 g/mol. The van der Waals surface area contributed by atoms with Gasteiger partial charge in [0, 0.05) is 5.92 Å². The van der Waals surface area contributed by atoms with Crippen molar-refractivity contribution in [3.63, 3.8) is 0 Å². The van der Waals surface area contributed by atoms with Gasteiger partial charge in [0.1, 0.15) is 43.2 Å². The molecule has 8 N–H and O–H groups in total. The third-order valence-electron chi connectivity index (χ3n) is 5.35. The molecule has 30 heavy (non-hydrogen) atoms. The van der Waals surface area contributed by atoms with Gasteiger partial charge in [0.05, 0.1) is 25.0 Å². The van der Waals surface area contributed by atoms with Crippen molar-refractivity contribution in [1.29, 1.82) is 0 Å². The highest BCUT2D eigenvalue weighted by Gasteiger charge is 2.49. The van der Waals surface area contributed by atoms with Gasteiger partial charge < -0.3 is 55.1 Å². The lowest BCUT2D eigenvalue weighted by Gasteiger charge is -2.42. The first kappa shape index (κ1) is 24.8. The average Bonchev–Trinajstić information content (AvgIpc) is 2.72. The zero-order valence-electron chi connectivity index (χ0n) is 16.1. The number of hydrogen-bond acceptors (Lipinski definition) is 13. The van der Waals surface area contributed by atoms with E-state index >= 15 is 0 Å². The molecule has 1 aliphatic carbocycles. The van der Waals surface area contributed by atoms with E-state index in [0.29, 0.717) is 0 Å². The Morgan fingerprint density at radius 2 is 1.27 bits per heavy atom. The Kier molecular flexibility index (Phi) is 8.50. The Hall–Kier alpha value is -1.42. The Balaban J connectivity index is 1.77. The van der Waals surface area contributed by atoms with Crippen molar-refractivity contribution in [2.45, 2.75) is 81.0 Å². The standard InChI is InChI=1S/C17H28O13/c1-5-9(20)13(24)16(14(25)10(5)21)30-8(19)3-2-7(18)28-4-6-11(22)12(23)15(26)17(27)29-6/h5-6,9-17,20-27H,2-4H2,1H3/t5?,6?,9?,10?,11-,12+,13-,14?,15?,16?,17-/m1/s1. The molecule has 2 fully saturated rings. The Morgan fingerprint density at radius 3 is 1.83 bits per heavy atom. The fourth-order valence-corrected chi connectivity index (χ4v) is 3.28. The minimum Gasteiger partial charge on any atom is -0.463 e. The smallest absolute Gasteiger partial charge is 0.306 e. The average molecular weight is 440 g/mol. The molecule has 0 bridgehead atoms. The van der Waals surface area contributed by atoms with Crippen LogP contribution in [-0.4, -0.2) is 121 Å². The first-order valence-electron chi connectivity index (χ1n) is 9.40. The van der Waals surface area contributed by atoms with Crippen LogP contribution in [0.1, 0.15) is 19.8 Å². The fraction of sp³-hybridized carbons (Fsp3) is 0.882. The van der Waals surface area contributed by atoms with Crippen LogP contribution < -0.4 is 0 Å². The van der Waals surface area contributed by atoms with Crippen LogP contribution in [0.2, 0.25) is 0 Å². The van der Waals surface area contributed by atoms with Crippen molar-refractivity contribution in [3.05, 3.63) is 0 Å². The number of carbonyl (C=O) groups is 2. The van der Waals surface area contributed by atoms with Crippen molar-refractivity contribution in [1.82, 2.24) is 0 Å². The van der Waals surface area contributed by atoms with Gasteiger partial charge in [-0.1, -0.05) is 6.92 Å². The highest BCUT2D eigenvalue weighted by Crippen LogP contribution is 2.28. The van der Waals surface area contributed by atoms with Crippen LogP contribution in [0.25, 0.3) is 0 Å². The van der Waals surface area contributed by atoms with E-state index in [4.69, 9.17) is 14.2 Å². The van der Waals surface area contributed by atoms with E-state index in [2.05, 4.69) is 0 Å². The molecule has 2 aliphatic rings. The molecule has 0 aromatic heterocycles. The van der Waals surface area contributed by atoms with E-state index in [1.807, 2.05) is 0 Å². The van der Waals surface area contributed by atoms with E-state index in [0.717, 1.165) is 0 Å². The summed E-state index contributed by atoms with van der Waals surface area (Å²) >= 11 is 0. The number of esters is 2. The number of aliphatic hydroxyl groups is 8. The molecule has 1 heterocycles. The SMILES string of the molecule is CC1C(O)C(O)C(OC(=O)CCC(=O)OCC2O[C@@H](O)C(O)[C@@H](O)[C@@H]2O)[C@H](O)C1O. The number of hydrogen-bond donors (Lipinski definition) is 8. The molecule has 0 amide bonds. The predicted octanol–water partition coefficient (Wildman–Crippen LogP) is -4.89. The number of aliphatic hydroxyl groups excluding tert-OH is 8. The first-order valence-corrected chi connectivity index (χ1v) is 9.40. The minimum atomic E-state index is -1.79. The molecule has 2 rings (SSSR count). The molecule has 11 atom stereocenters. The summed E-state index contributed by atoms with van der Waals surface area (Å²) in [4.78, 5) is 23.7. The molecular weight excluding hydrogens is 412 g/mol. The Bertz CT molecular complexity index is 584. The molecule has 174 valence electrons. The maximum Gasteiger partial charge on any atom is 0.306 e. The van der Waals surface area contributed by atoms with Crippen LogP contribution in [0.3, 0.4) is 0 Å². The second-order valence-corrected chi connectivity index (χ2v) is 7.50. The molecule has 1 saturated heterocycles. The molecule has 0 spiro atoms. The number of rotatable bonds is 6. The van der Waals surface area contributed by atoms with Crippen molar-refractivity contribution in [3.8, 4) is 0 Å². The summed E-state index contributed by atoms with van der Waals surface area (Å²) < 4.78 is 14.5. The van der Waals surface area contributed by atoms with E-state index in [9.17, 15) is 50.4 Å². The van der Waals surface area contributed by atoms with E-state index < -0.39 is 98.5 Å². The Labute approximate surface area is 171 Å². The molecule has 1 saturated carbocycles. The predicted molar refractivity (Wildman–Crippen MR) is 92.2 cm³/mol. The van der Waals surface area contributed by atoms with Gasteiger partial charge in [0.2, 0.25) is 0 Å². The maximum atomic E-state index is 11.9. The largest absolute Gasteiger partial charge is 0.463 e. The third-order valence-corrected chi connectivity index (χ3v) is 5.35. The summed E-state index contributed by atoms with van der Waals surface area (Å²) in [5, 5.41) is 77.7. The Morgan fingerprint density at radius 1 is 0.733 bits per heavy atom. The normalized spacial score (nSPS) is 44.4. The summed E-state index contributed by atoms with van der Waals surface area (Å²) in [7, 11) is 0. The van der Waals surface area contributed by atoms with Crippen molar-refractivity contribution in [2.75, 3.05) is 6.61 Å². The third kappa shape index (κ3) is 5.43. The number of ether oxygens (including phenoxy) is 3.